The van der Waals surface area contributed by atoms with Crippen molar-refractivity contribution < 1.29 is 38.4 Å². The number of anilines is 1. The second-order valence-corrected chi connectivity index (χ2v) is 9.74. The lowest BCUT2D eigenvalue weighted by Crippen LogP contribution is -2.29. The van der Waals surface area contributed by atoms with Crippen molar-refractivity contribution in [2.45, 2.75) is 19.9 Å². The van der Waals surface area contributed by atoms with Gasteiger partial charge in [-0.2, -0.15) is 0 Å². The molecule has 1 fully saturated rings. The Kier molecular flexibility index (Phi) is 8.24. The number of benzene rings is 2. The van der Waals surface area contributed by atoms with Crippen LogP contribution in [0.25, 0.3) is 5.76 Å². The molecule has 0 spiro atoms. The summed E-state index contributed by atoms with van der Waals surface area (Å²) in [6.07, 6.45) is 1.44. The molecule has 1 amide bonds. The third-order valence-electron chi connectivity index (χ3n) is 6.35. The van der Waals surface area contributed by atoms with Crippen LogP contribution in [0.5, 0.6) is 17.2 Å². The summed E-state index contributed by atoms with van der Waals surface area (Å²) in [5, 5.41) is 11.5. The topological polar surface area (TPSA) is 124 Å². The number of amides is 1. The van der Waals surface area contributed by atoms with Crippen molar-refractivity contribution in [1.82, 2.24) is 4.98 Å². The van der Waals surface area contributed by atoms with Crippen molar-refractivity contribution in [1.29, 1.82) is 0 Å². The lowest BCUT2D eigenvalue weighted by atomic mass is 9.94. The molecule has 2 heterocycles. The van der Waals surface area contributed by atoms with E-state index in [0.29, 0.717) is 34.1 Å². The predicted molar refractivity (Wildman–Crippen MR) is 149 cm³/mol. The Labute approximate surface area is 235 Å². The molecule has 0 aliphatic carbocycles. The monoisotopic (exact) mass is 564 g/mol. The van der Waals surface area contributed by atoms with Gasteiger partial charge in [-0.05, 0) is 55.3 Å². The highest BCUT2D eigenvalue weighted by Gasteiger charge is 2.48. The van der Waals surface area contributed by atoms with E-state index >= 15 is 0 Å². The maximum absolute atomic E-state index is 13.5. The summed E-state index contributed by atoms with van der Waals surface area (Å²) < 4.78 is 21.3. The van der Waals surface area contributed by atoms with E-state index in [4.69, 9.17) is 18.9 Å². The van der Waals surface area contributed by atoms with E-state index in [9.17, 15) is 19.5 Å². The number of aromatic nitrogens is 1. The molecule has 1 aromatic heterocycles. The molecule has 3 aromatic rings. The van der Waals surface area contributed by atoms with Crippen molar-refractivity contribution in [2.24, 2.45) is 0 Å². The molecule has 1 saturated heterocycles. The summed E-state index contributed by atoms with van der Waals surface area (Å²) in [5.41, 5.74) is 1.68. The van der Waals surface area contributed by atoms with Crippen LogP contribution in [0.15, 0.2) is 54.6 Å². The Morgan fingerprint density at radius 1 is 1.05 bits per heavy atom. The highest BCUT2D eigenvalue weighted by atomic mass is 32.1. The van der Waals surface area contributed by atoms with Crippen LogP contribution in [0.2, 0.25) is 0 Å². The van der Waals surface area contributed by atoms with Gasteiger partial charge in [0.15, 0.2) is 16.6 Å². The number of carbonyl (C=O) groups excluding carboxylic acids is 3. The lowest BCUT2D eigenvalue weighted by Gasteiger charge is -2.24. The van der Waals surface area contributed by atoms with Crippen molar-refractivity contribution >= 4 is 39.9 Å². The molecule has 1 atom stereocenters. The number of rotatable bonds is 9. The SMILES string of the molecule is C=CCOC(=O)c1sc(N2C(=O)C(=O)C(=C(O)c3ccc(OC)c(C)c3)C2c2ccc(OC)c(OC)c2)nc1C. The number of aryl methyl sites for hydroxylation is 2. The van der Waals surface area contributed by atoms with Gasteiger partial charge in [-0.25, -0.2) is 9.78 Å². The summed E-state index contributed by atoms with van der Waals surface area (Å²) in [7, 11) is 4.48. The summed E-state index contributed by atoms with van der Waals surface area (Å²) >= 11 is 0.910. The number of nitrogens with zero attached hydrogens (tertiary/aromatic N) is 2. The molecule has 208 valence electrons. The number of esters is 1. The summed E-state index contributed by atoms with van der Waals surface area (Å²) in [6.45, 7) is 6.94. The van der Waals surface area contributed by atoms with Gasteiger partial charge in [-0.15, -0.1) is 0 Å². The smallest absolute Gasteiger partial charge is 0.350 e. The predicted octanol–water partition coefficient (Wildman–Crippen LogP) is 4.75. The van der Waals surface area contributed by atoms with Gasteiger partial charge in [-0.3, -0.25) is 14.5 Å². The minimum absolute atomic E-state index is 0.00292. The Balaban J connectivity index is 1.93. The van der Waals surface area contributed by atoms with Gasteiger partial charge >= 0.3 is 11.9 Å². The first-order chi connectivity index (χ1) is 19.2. The van der Waals surface area contributed by atoms with Crippen LogP contribution in [0.1, 0.15) is 38.1 Å². The minimum atomic E-state index is -1.09. The molecule has 11 heteroatoms. The fraction of sp³-hybridized carbons (Fsp3) is 0.241. The van der Waals surface area contributed by atoms with Gasteiger partial charge in [0.05, 0.1) is 38.6 Å². The highest BCUT2D eigenvalue weighted by Crippen LogP contribution is 2.45. The van der Waals surface area contributed by atoms with E-state index < -0.39 is 23.7 Å². The number of carbonyl (C=O) groups is 3. The van der Waals surface area contributed by atoms with Crippen molar-refractivity contribution in [3.63, 3.8) is 0 Å². The number of ketones is 1. The van der Waals surface area contributed by atoms with E-state index in [1.165, 1.54) is 32.3 Å². The largest absolute Gasteiger partial charge is 0.507 e. The zero-order valence-corrected chi connectivity index (χ0v) is 23.5. The Morgan fingerprint density at radius 2 is 1.73 bits per heavy atom. The van der Waals surface area contributed by atoms with Gasteiger partial charge in [0.2, 0.25) is 0 Å². The molecule has 0 saturated carbocycles. The van der Waals surface area contributed by atoms with Crippen LogP contribution in [0.4, 0.5) is 5.13 Å². The minimum Gasteiger partial charge on any atom is -0.507 e. The van der Waals surface area contributed by atoms with Crippen LogP contribution in [0.3, 0.4) is 0 Å². The average Bonchev–Trinajstić information content (AvgIpc) is 3.46. The van der Waals surface area contributed by atoms with Gasteiger partial charge in [0.25, 0.3) is 5.78 Å². The van der Waals surface area contributed by atoms with Gasteiger partial charge in [-0.1, -0.05) is 30.1 Å². The summed E-state index contributed by atoms with van der Waals surface area (Å²) in [5.74, 6) is -1.43. The third kappa shape index (κ3) is 5.03. The van der Waals surface area contributed by atoms with Crippen molar-refractivity contribution in [3.05, 3.63) is 81.9 Å². The number of hydrogen-bond acceptors (Lipinski definition) is 10. The molecule has 1 aliphatic rings. The maximum Gasteiger partial charge on any atom is 0.350 e. The van der Waals surface area contributed by atoms with Crippen LogP contribution in [-0.4, -0.2) is 55.7 Å². The fourth-order valence-corrected chi connectivity index (χ4v) is 5.41. The molecule has 4 rings (SSSR count). The zero-order valence-electron chi connectivity index (χ0n) is 22.6. The number of thiazole rings is 1. The third-order valence-corrected chi connectivity index (χ3v) is 7.48. The number of aliphatic hydroxyl groups excluding tert-OH is 1. The average molecular weight is 565 g/mol. The quantitative estimate of drug-likeness (QED) is 0.129. The normalized spacial score (nSPS) is 16.1. The molecule has 40 heavy (non-hydrogen) atoms. The molecule has 1 unspecified atom stereocenters. The van der Waals surface area contributed by atoms with E-state index in [2.05, 4.69) is 11.6 Å². The van der Waals surface area contributed by atoms with Crippen molar-refractivity contribution in [2.75, 3.05) is 32.8 Å². The van der Waals surface area contributed by atoms with E-state index in [1.807, 2.05) is 0 Å². The van der Waals surface area contributed by atoms with Crippen LogP contribution < -0.4 is 19.1 Å². The van der Waals surface area contributed by atoms with E-state index in [-0.39, 0.29) is 27.9 Å². The molecule has 0 radical (unpaired) electrons. The Morgan fingerprint density at radius 3 is 2.35 bits per heavy atom. The fourth-order valence-electron chi connectivity index (χ4n) is 4.42. The number of aliphatic hydroxyl groups is 1. The molecular formula is C29H28N2O8S. The molecule has 0 bridgehead atoms. The van der Waals surface area contributed by atoms with Gasteiger partial charge in [0, 0.05) is 5.56 Å². The van der Waals surface area contributed by atoms with Gasteiger partial charge < -0.3 is 24.1 Å². The lowest BCUT2D eigenvalue weighted by molar-refractivity contribution is -0.132. The van der Waals surface area contributed by atoms with Crippen LogP contribution in [-0.2, 0) is 14.3 Å². The number of methoxy groups -OCH3 is 3. The number of Topliss-reactive ketones (excluding diaryl/α,β-unsaturated/α-hetero) is 1. The molecule has 1 N–H and O–H groups in total. The highest BCUT2D eigenvalue weighted by molar-refractivity contribution is 7.17. The van der Waals surface area contributed by atoms with E-state index in [0.717, 1.165) is 16.9 Å². The van der Waals surface area contributed by atoms with E-state index in [1.54, 1.807) is 50.2 Å². The van der Waals surface area contributed by atoms with Crippen LogP contribution in [0, 0.1) is 13.8 Å². The maximum atomic E-state index is 13.5. The first-order valence-corrected chi connectivity index (χ1v) is 12.9. The molecule has 2 aromatic carbocycles. The Hall–Kier alpha value is -4.64. The molecule has 1 aliphatic heterocycles. The summed E-state index contributed by atoms with van der Waals surface area (Å²) in [6, 6.07) is 8.75. The molecular weight excluding hydrogens is 536 g/mol. The number of ether oxygens (including phenoxy) is 4. The van der Waals surface area contributed by atoms with Gasteiger partial charge in [0.1, 0.15) is 23.0 Å². The standard InChI is InChI=1S/C29H28N2O8S/c1-7-12-39-28(35)26-16(3)30-29(40-26)31-23(17-8-11-20(37-5)21(14-17)38-6)22(25(33)27(31)34)24(32)18-9-10-19(36-4)15(2)13-18/h7-11,13-14,23,32H,1,12H2,2-6H3. The number of hydrogen-bond donors (Lipinski definition) is 1. The van der Waals surface area contributed by atoms with Crippen LogP contribution >= 0.6 is 11.3 Å². The summed E-state index contributed by atoms with van der Waals surface area (Å²) in [4.78, 5) is 45.4. The second kappa shape index (κ2) is 11.6. The second-order valence-electron chi connectivity index (χ2n) is 8.77. The Bertz CT molecular complexity index is 1540. The zero-order chi connectivity index (χ0) is 29.1. The first-order valence-electron chi connectivity index (χ1n) is 12.1. The van der Waals surface area contributed by atoms with Crippen molar-refractivity contribution in [3.8, 4) is 17.2 Å². The molecule has 10 nitrogen and oxygen atoms in total. The first kappa shape index (κ1) is 28.4.